The lowest BCUT2D eigenvalue weighted by Gasteiger charge is -2.04. The van der Waals surface area contributed by atoms with E-state index in [0.29, 0.717) is 0 Å². The first-order valence-corrected chi connectivity index (χ1v) is 3.22. The Hall–Kier alpha value is -0.650. The fraction of sp³-hybridized carbons (Fsp3) is 0.800. The number of hydrazine groups is 2. The number of nitrogens with one attached hydrogen (secondary N) is 4. The Balaban J connectivity index is 3.09. The van der Waals surface area contributed by atoms with Crippen LogP contribution < -0.4 is 21.7 Å². The molecule has 0 rings (SSSR count). The van der Waals surface area contributed by atoms with Crippen LogP contribution in [0.5, 0.6) is 0 Å². The maximum atomic E-state index is 10.7. The summed E-state index contributed by atoms with van der Waals surface area (Å²) in [7, 11) is 1.71. The van der Waals surface area contributed by atoms with Gasteiger partial charge in [0.1, 0.15) is 0 Å². The molecule has 0 atom stereocenters. The normalized spacial score (nSPS) is 9.40. The molecule has 0 bridgehead atoms. The van der Waals surface area contributed by atoms with Gasteiger partial charge in [-0.1, -0.05) is 6.92 Å². The van der Waals surface area contributed by atoms with Crippen LogP contribution in [0.1, 0.15) is 6.92 Å². The summed E-state index contributed by atoms with van der Waals surface area (Å²) >= 11 is 0. The second-order valence-corrected chi connectivity index (χ2v) is 1.68. The molecule has 0 spiro atoms. The van der Waals surface area contributed by atoms with Crippen molar-refractivity contribution in [1.82, 2.24) is 21.7 Å². The average molecular weight is 146 g/mol. The minimum absolute atomic E-state index is 0.0869. The zero-order chi connectivity index (χ0) is 7.82. The fourth-order valence-electron chi connectivity index (χ4n) is 0.400. The minimum atomic E-state index is -0.0869. The molecule has 4 N–H and O–H groups in total. The van der Waals surface area contributed by atoms with E-state index in [-0.39, 0.29) is 12.5 Å². The highest BCUT2D eigenvalue weighted by molar-refractivity contribution is 5.77. The molecule has 1 amide bonds. The predicted molar refractivity (Wildman–Crippen MR) is 38.9 cm³/mol. The van der Waals surface area contributed by atoms with Crippen LogP contribution in [0.2, 0.25) is 0 Å². The molecule has 5 nitrogen and oxygen atoms in total. The monoisotopic (exact) mass is 146 g/mol. The Bertz CT molecular complexity index is 85.6. The van der Waals surface area contributed by atoms with Crippen molar-refractivity contribution >= 4 is 5.91 Å². The number of hydrogen-bond donors (Lipinski definition) is 4. The maximum Gasteiger partial charge on any atom is 0.249 e. The van der Waals surface area contributed by atoms with Crippen molar-refractivity contribution in [3.8, 4) is 0 Å². The van der Waals surface area contributed by atoms with Crippen LogP contribution in [0.25, 0.3) is 0 Å². The average Bonchev–Trinajstić information content (AvgIpc) is 1.97. The number of carbonyl (C=O) groups excluding carboxylic acids is 1. The van der Waals surface area contributed by atoms with E-state index in [4.69, 9.17) is 0 Å². The van der Waals surface area contributed by atoms with Crippen LogP contribution in [0, 0.1) is 0 Å². The lowest BCUT2D eigenvalue weighted by Crippen LogP contribution is -2.44. The van der Waals surface area contributed by atoms with E-state index in [1.807, 2.05) is 6.92 Å². The van der Waals surface area contributed by atoms with Crippen molar-refractivity contribution in [1.29, 1.82) is 0 Å². The number of amides is 1. The summed E-state index contributed by atoms with van der Waals surface area (Å²) in [6.07, 6.45) is 0. The molecular weight excluding hydrogens is 132 g/mol. The lowest BCUT2D eigenvalue weighted by molar-refractivity contribution is -0.121. The van der Waals surface area contributed by atoms with Gasteiger partial charge in [-0.15, -0.1) is 0 Å². The second kappa shape index (κ2) is 6.47. The van der Waals surface area contributed by atoms with Crippen LogP contribution in [-0.4, -0.2) is 26.0 Å². The molecule has 0 unspecified atom stereocenters. The zero-order valence-corrected chi connectivity index (χ0v) is 6.32. The molecule has 5 heteroatoms. The van der Waals surface area contributed by atoms with Crippen molar-refractivity contribution in [2.24, 2.45) is 0 Å². The summed E-state index contributed by atoms with van der Waals surface area (Å²) in [6, 6.07) is 0. The Morgan fingerprint density at radius 3 is 2.60 bits per heavy atom. The van der Waals surface area contributed by atoms with Crippen LogP contribution in [0.15, 0.2) is 0 Å². The quantitative estimate of drug-likeness (QED) is 0.351. The first kappa shape index (κ1) is 9.35. The zero-order valence-electron chi connectivity index (χ0n) is 6.32. The molecule has 60 valence electrons. The number of hydrogen-bond acceptors (Lipinski definition) is 4. The van der Waals surface area contributed by atoms with E-state index in [0.717, 1.165) is 6.54 Å². The second-order valence-electron chi connectivity index (χ2n) is 1.68. The first-order valence-electron chi connectivity index (χ1n) is 3.22. The van der Waals surface area contributed by atoms with Crippen LogP contribution >= 0.6 is 0 Å². The van der Waals surface area contributed by atoms with Crippen LogP contribution in [0.4, 0.5) is 0 Å². The van der Waals surface area contributed by atoms with Gasteiger partial charge < -0.3 is 0 Å². The lowest BCUT2D eigenvalue weighted by atomic mass is 10.6. The number of carbonyl (C=O) groups is 1. The Morgan fingerprint density at radius 2 is 2.10 bits per heavy atom. The molecular formula is C5H14N4O. The van der Waals surface area contributed by atoms with Gasteiger partial charge in [0.2, 0.25) is 5.91 Å². The molecule has 0 aliphatic heterocycles. The van der Waals surface area contributed by atoms with Gasteiger partial charge in [-0.2, -0.15) is 0 Å². The predicted octanol–water partition coefficient (Wildman–Crippen LogP) is -1.65. The van der Waals surface area contributed by atoms with Gasteiger partial charge in [0, 0.05) is 6.54 Å². The van der Waals surface area contributed by atoms with Crippen molar-refractivity contribution in [3.05, 3.63) is 0 Å². The molecule has 0 aromatic carbocycles. The summed E-state index contributed by atoms with van der Waals surface area (Å²) in [5.74, 6) is -0.0869. The summed E-state index contributed by atoms with van der Waals surface area (Å²) < 4.78 is 0. The summed E-state index contributed by atoms with van der Waals surface area (Å²) in [4.78, 5) is 10.7. The molecule has 0 heterocycles. The van der Waals surface area contributed by atoms with Crippen LogP contribution in [0.3, 0.4) is 0 Å². The molecule has 0 fully saturated rings. The van der Waals surface area contributed by atoms with Gasteiger partial charge in [0.25, 0.3) is 0 Å². The van der Waals surface area contributed by atoms with Gasteiger partial charge in [-0.25, -0.2) is 10.9 Å². The minimum Gasteiger partial charge on any atom is -0.290 e. The van der Waals surface area contributed by atoms with Crippen LogP contribution in [-0.2, 0) is 4.79 Å². The number of rotatable bonds is 5. The van der Waals surface area contributed by atoms with Gasteiger partial charge in [-0.3, -0.25) is 15.6 Å². The molecule has 0 radical (unpaired) electrons. The van der Waals surface area contributed by atoms with E-state index in [9.17, 15) is 4.79 Å². The van der Waals surface area contributed by atoms with Gasteiger partial charge in [0.05, 0.1) is 6.54 Å². The highest BCUT2D eigenvalue weighted by Crippen LogP contribution is 1.56. The van der Waals surface area contributed by atoms with Crippen molar-refractivity contribution in [3.63, 3.8) is 0 Å². The third-order valence-corrected chi connectivity index (χ3v) is 0.830. The molecule has 0 saturated carbocycles. The largest absolute Gasteiger partial charge is 0.290 e. The summed E-state index contributed by atoms with van der Waals surface area (Å²) in [5, 5.41) is 0. The van der Waals surface area contributed by atoms with Crippen molar-refractivity contribution in [2.45, 2.75) is 6.92 Å². The molecule has 0 aromatic rings. The van der Waals surface area contributed by atoms with Crippen molar-refractivity contribution in [2.75, 3.05) is 20.1 Å². The summed E-state index contributed by atoms with van der Waals surface area (Å²) in [5.41, 5.74) is 10.5. The molecule has 0 aliphatic carbocycles. The molecule has 0 saturated heterocycles. The Morgan fingerprint density at radius 1 is 1.40 bits per heavy atom. The smallest absolute Gasteiger partial charge is 0.249 e. The molecule has 0 aromatic heterocycles. The summed E-state index contributed by atoms with van der Waals surface area (Å²) in [6.45, 7) is 2.90. The molecule has 0 aliphatic rings. The third kappa shape index (κ3) is 5.49. The van der Waals surface area contributed by atoms with E-state index in [2.05, 4.69) is 21.7 Å². The first-order chi connectivity index (χ1) is 4.81. The highest BCUT2D eigenvalue weighted by atomic mass is 16.2. The van der Waals surface area contributed by atoms with E-state index < -0.39 is 0 Å². The fourth-order valence-corrected chi connectivity index (χ4v) is 0.400. The van der Waals surface area contributed by atoms with E-state index in [1.54, 1.807) is 7.05 Å². The standard InChI is InChI=1S/C5H14N4O/c1-3-7-9-5(10)4-8-6-2/h6-8H,3-4H2,1-2H3,(H,9,10). The van der Waals surface area contributed by atoms with E-state index in [1.165, 1.54) is 0 Å². The topological polar surface area (TPSA) is 65.2 Å². The third-order valence-electron chi connectivity index (χ3n) is 0.830. The van der Waals surface area contributed by atoms with E-state index >= 15 is 0 Å². The van der Waals surface area contributed by atoms with Gasteiger partial charge in [0.15, 0.2) is 0 Å². The van der Waals surface area contributed by atoms with Gasteiger partial charge >= 0.3 is 0 Å². The van der Waals surface area contributed by atoms with Gasteiger partial charge in [-0.05, 0) is 7.05 Å². The highest BCUT2D eigenvalue weighted by Gasteiger charge is 1.94. The maximum absolute atomic E-state index is 10.7. The Kier molecular flexibility index (Phi) is 6.05. The SMILES string of the molecule is CCNNC(=O)CNNC. The van der Waals surface area contributed by atoms with Crippen molar-refractivity contribution < 1.29 is 4.79 Å². The Labute approximate surface area is 60.5 Å². The molecule has 10 heavy (non-hydrogen) atoms.